The van der Waals surface area contributed by atoms with Gasteiger partial charge in [0.2, 0.25) is 0 Å². The molecule has 3 rings (SSSR count). The Balaban J connectivity index is 1.98. The maximum absolute atomic E-state index is 11.9. The van der Waals surface area contributed by atoms with Crippen LogP contribution in [0.15, 0.2) is 10.9 Å². The number of aromatic amines is 1. The fourth-order valence-electron chi connectivity index (χ4n) is 2.67. The molecule has 1 aliphatic rings. The SMILES string of the molecule is O=C(O)c1cc2c(=O)[nH]c(CC3CCCC3)nc2s1. The summed E-state index contributed by atoms with van der Waals surface area (Å²) in [4.78, 5) is 30.7. The summed E-state index contributed by atoms with van der Waals surface area (Å²) in [7, 11) is 0. The first kappa shape index (κ1) is 12.3. The summed E-state index contributed by atoms with van der Waals surface area (Å²) in [5.74, 6) is 0.266. The van der Waals surface area contributed by atoms with Gasteiger partial charge in [0, 0.05) is 6.42 Å². The highest BCUT2D eigenvalue weighted by Crippen LogP contribution is 2.28. The highest BCUT2D eigenvalue weighted by molar-refractivity contribution is 7.20. The van der Waals surface area contributed by atoms with E-state index in [-0.39, 0.29) is 10.4 Å². The lowest BCUT2D eigenvalue weighted by Crippen LogP contribution is -2.13. The van der Waals surface area contributed by atoms with Crippen LogP contribution in [0.4, 0.5) is 0 Å². The van der Waals surface area contributed by atoms with Crippen LogP contribution in [-0.4, -0.2) is 21.0 Å². The molecule has 0 aliphatic heterocycles. The summed E-state index contributed by atoms with van der Waals surface area (Å²) in [5, 5.41) is 9.32. The van der Waals surface area contributed by atoms with Gasteiger partial charge in [-0.15, -0.1) is 11.3 Å². The molecule has 19 heavy (non-hydrogen) atoms. The molecule has 1 fully saturated rings. The first-order valence-corrected chi connectivity index (χ1v) is 7.21. The van der Waals surface area contributed by atoms with Crippen LogP contribution in [-0.2, 0) is 6.42 Å². The van der Waals surface area contributed by atoms with Crippen LogP contribution in [0.2, 0.25) is 0 Å². The first-order valence-electron chi connectivity index (χ1n) is 6.39. The summed E-state index contributed by atoms with van der Waals surface area (Å²) >= 11 is 1.06. The van der Waals surface area contributed by atoms with Crippen molar-refractivity contribution in [1.82, 2.24) is 9.97 Å². The lowest BCUT2D eigenvalue weighted by atomic mass is 10.0. The van der Waals surface area contributed by atoms with E-state index in [0.717, 1.165) is 17.8 Å². The van der Waals surface area contributed by atoms with E-state index < -0.39 is 5.97 Å². The van der Waals surface area contributed by atoms with Gasteiger partial charge >= 0.3 is 5.97 Å². The molecule has 2 N–H and O–H groups in total. The predicted octanol–water partition coefficient (Wildman–Crippen LogP) is 2.42. The molecule has 100 valence electrons. The Hall–Kier alpha value is -1.69. The van der Waals surface area contributed by atoms with Crippen molar-refractivity contribution in [3.63, 3.8) is 0 Å². The van der Waals surface area contributed by atoms with Gasteiger partial charge < -0.3 is 10.1 Å². The molecule has 0 spiro atoms. The van der Waals surface area contributed by atoms with Gasteiger partial charge in [-0.3, -0.25) is 4.79 Å². The van der Waals surface area contributed by atoms with Crippen LogP contribution >= 0.6 is 11.3 Å². The monoisotopic (exact) mass is 278 g/mol. The Labute approximate surface area is 113 Å². The van der Waals surface area contributed by atoms with E-state index in [4.69, 9.17) is 5.11 Å². The van der Waals surface area contributed by atoms with Crippen molar-refractivity contribution in [3.05, 3.63) is 27.1 Å². The van der Waals surface area contributed by atoms with E-state index in [9.17, 15) is 9.59 Å². The van der Waals surface area contributed by atoms with E-state index in [0.29, 0.717) is 22.0 Å². The van der Waals surface area contributed by atoms with Gasteiger partial charge in [0.05, 0.1) is 5.39 Å². The quantitative estimate of drug-likeness (QED) is 0.903. The molecular weight excluding hydrogens is 264 g/mol. The lowest BCUT2D eigenvalue weighted by molar-refractivity contribution is 0.0702. The number of nitrogens with zero attached hydrogens (tertiary/aromatic N) is 1. The number of aromatic nitrogens is 2. The zero-order chi connectivity index (χ0) is 13.4. The van der Waals surface area contributed by atoms with Gasteiger partial charge in [-0.25, -0.2) is 9.78 Å². The number of fused-ring (bicyclic) bond motifs is 1. The minimum Gasteiger partial charge on any atom is -0.477 e. The third-order valence-corrected chi connectivity index (χ3v) is 4.64. The van der Waals surface area contributed by atoms with Crippen LogP contribution in [0, 0.1) is 5.92 Å². The van der Waals surface area contributed by atoms with E-state index in [1.165, 1.54) is 31.7 Å². The van der Waals surface area contributed by atoms with Crippen molar-refractivity contribution in [2.24, 2.45) is 5.92 Å². The number of thiophene rings is 1. The summed E-state index contributed by atoms with van der Waals surface area (Å²) < 4.78 is 0. The zero-order valence-electron chi connectivity index (χ0n) is 10.3. The van der Waals surface area contributed by atoms with Gasteiger partial charge in [0.25, 0.3) is 5.56 Å². The standard InChI is InChI=1S/C13H14N2O3S/c16-11-8-6-9(13(17)18)19-12(8)15-10(14-11)5-7-3-1-2-4-7/h6-7H,1-5H2,(H,17,18)(H,14,15,16). The number of carbonyl (C=O) groups is 1. The van der Waals surface area contributed by atoms with Crippen LogP contribution in [0.1, 0.15) is 41.2 Å². The average molecular weight is 278 g/mol. The Kier molecular flexibility index (Phi) is 3.10. The fourth-order valence-corrected chi connectivity index (χ4v) is 3.56. The second-order valence-electron chi connectivity index (χ2n) is 5.00. The third-order valence-electron chi connectivity index (χ3n) is 3.62. The van der Waals surface area contributed by atoms with Gasteiger partial charge in [0.1, 0.15) is 15.5 Å². The number of aromatic carboxylic acids is 1. The summed E-state index contributed by atoms with van der Waals surface area (Å²) in [6.07, 6.45) is 5.66. The number of hydrogen-bond acceptors (Lipinski definition) is 4. The average Bonchev–Trinajstić information content (AvgIpc) is 2.97. The smallest absolute Gasteiger partial charge is 0.345 e. The number of carboxylic acid groups (broad SMARTS) is 1. The maximum Gasteiger partial charge on any atom is 0.345 e. The molecule has 1 saturated carbocycles. The molecule has 0 bridgehead atoms. The van der Waals surface area contributed by atoms with Crippen LogP contribution in [0.3, 0.4) is 0 Å². The Bertz CT molecular complexity index is 683. The van der Waals surface area contributed by atoms with E-state index in [1.54, 1.807) is 0 Å². The van der Waals surface area contributed by atoms with Gasteiger partial charge in [-0.05, 0) is 12.0 Å². The van der Waals surface area contributed by atoms with Gasteiger partial charge in [0.15, 0.2) is 0 Å². The van der Waals surface area contributed by atoms with Crippen molar-refractivity contribution in [1.29, 1.82) is 0 Å². The molecule has 0 unspecified atom stereocenters. The normalized spacial score (nSPS) is 16.2. The highest BCUT2D eigenvalue weighted by atomic mass is 32.1. The third kappa shape index (κ3) is 2.40. The summed E-state index contributed by atoms with van der Waals surface area (Å²) in [6.45, 7) is 0. The number of hydrogen-bond donors (Lipinski definition) is 2. The zero-order valence-corrected chi connectivity index (χ0v) is 11.1. The second kappa shape index (κ2) is 4.77. The molecule has 0 aromatic carbocycles. The molecule has 2 aromatic rings. The number of carboxylic acids is 1. The van der Waals surface area contributed by atoms with E-state index in [2.05, 4.69) is 9.97 Å². The van der Waals surface area contributed by atoms with E-state index >= 15 is 0 Å². The molecule has 1 aliphatic carbocycles. The predicted molar refractivity (Wildman–Crippen MR) is 72.9 cm³/mol. The van der Waals surface area contributed by atoms with Crippen LogP contribution < -0.4 is 5.56 Å². The minimum absolute atomic E-state index is 0.158. The molecule has 0 amide bonds. The second-order valence-corrected chi connectivity index (χ2v) is 6.03. The van der Waals surface area contributed by atoms with Crippen molar-refractivity contribution >= 4 is 27.5 Å². The van der Waals surface area contributed by atoms with Crippen molar-refractivity contribution in [3.8, 4) is 0 Å². The first-order chi connectivity index (χ1) is 9.13. The maximum atomic E-state index is 11.9. The largest absolute Gasteiger partial charge is 0.477 e. The topological polar surface area (TPSA) is 83.0 Å². The number of rotatable bonds is 3. The molecule has 6 heteroatoms. The Morgan fingerprint density at radius 2 is 2.21 bits per heavy atom. The molecular formula is C13H14N2O3S. The molecule has 0 saturated heterocycles. The number of H-pyrrole nitrogens is 1. The molecule has 2 aromatic heterocycles. The van der Waals surface area contributed by atoms with Crippen molar-refractivity contribution in [2.45, 2.75) is 32.1 Å². The Morgan fingerprint density at radius 1 is 1.47 bits per heavy atom. The molecule has 2 heterocycles. The molecule has 0 radical (unpaired) electrons. The van der Waals surface area contributed by atoms with Gasteiger partial charge in [-0.2, -0.15) is 0 Å². The van der Waals surface area contributed by atoms with Crippen LogP contribution in [0.5, 0.6) is 0 Å². The highest BCUT2D eigenvalue weighted by Gasteiger charge is 2.18. The fraction of sp³-hybridized carbons (Fsp3) is 0.462. The summed E-state index contributed by atoms with van der Waals surface area (Å²) in [6, 6.07) is 1.40. The molecule has 5 nitrogen and oxygen atoms in total. The van der Waals surface area contributed by atoms with Gasteiger partial charge in [-0.1, -0.05) is 25.7 Å². The van der Waals surface area contributed by atoms with Crippen molar-refractivity contribution < 1.29 is 9.90 Å². The lowest BCUT2D eigenvalue weighted by Gasteiger charge is -2.07. The van der Waals surface area contributed by atoms with Crippen LogP contribution in [0.25, 0.3) is 10.2 Å². The minimum atomic E-state index is -1.01. The van der Waals surface area contributed by atoms with E-state index in [1.807, 2.05) is 0 Å². The molecule has 0 atom stereocenters. The van der Waals surface area contributed by atoms with Crippen molar-refractivity contribution in [2.75, 3.05) is 0 Å². The Morgan fingerprint density at radius 3 is 2.89 bits per heavy atom. The number of nitrogens with one attached hydrogen (secondary N) is 1. The summed E-state index contributed by atoms with van der Waals surface area (Å²) in [5.41, 5.74) is -0.234.